The molecule has 18 heavy (non-hydrogen) atoms. The Labute approximate surface area is 107 Å². The van der Waals surface area contributed by atoms with Crippen molar-refractivity contribution < 1.29 is 14.6 Å². The number of carbonyl (C=O) groups is 1. The molecule has 0 radical (unpaired) electrons. The lowest BCUT2D eigenvalue weighted by Gasteiger charge is -2.16. The van der Waals surface area contributed by atoms with Crippen LogP contribution in [0.1, 0.15) is 23.7 Å². The van der Waals surface area contributed by atoms with E-state index in [1.165, 1.54) is 0 Å². The van der Waals surface area contributed by atoms with Crippen LogP contribution in [0.25, 0.3) is 0 Å². The molecule has 1 heterocycles. The minimum atomic E-state index is -0.655. The number of hydrogen-bond donors (Lipinski definition) is 2. The van der Waals surface area contributed by atoms with Gasteiger partial charge in [-0.05, 0) is 24.5 Å². The minimum Gasteiger partial charge on any atom is -0.387 e. The fourth-order valence-electron chi connectivity index (χ4n) is 2.15. The van der Waals surface area contributed by atoms with Crippen LogP contribution in [-0.2, 0) is 9.53 Å². The number of aliphatic hydroxyl groups is 1. The third kappa shape index (κ3) is 3.09. The van der Waals surface area contributed by atoms with Gasteiger partial charge in [0, 0.05) is 13.2 Å². The molecule has 4 nitrogen and oxygen atoms in total. The van der Waals surface area contributed by atoms with E-state index in [0.717, 1.165) is 17.5 Å². The number of aryl methyl sites for hydroxylation is 1. The van der Waals surface area contributed by atoms with Crippen LogP contribution in [0.15, 0.2) is 24.3 Å². The number of hydrogen-bond acceptors (Lipinski definition) is 3. The molecular formula is C14H19NO3. The molecule has 1 fully saturated rings. The zero-order valence-electron chi connectivity index (χ0n) is 10.6. The van der Waals surface area contributed by atoms with Crippen molar-refractivity contribution in [2.75, 3.05) is 19.8 Å². The molecule has 1 aromatic carbocycles. The maximum absolute atomic E-state index is 11.8. The highest BCUT2D eigenvalue weighted by molar-refractivity contribution is 5.79. The average Bonchev–Trinajstić information content (AvgIpc) is 2.90. The van der Waals surface area contributed by atoms with E-state index in [0.29, 0.717) is 13.2 Å². The molecule has 0 aliphatic carbocycles. The van der Waals surface area contributed by atoms with E-state index in [-0.39, 0.29) is 18.4 Å². The smallest absolute Gasteiger partial charge is 0.225 e. The summed E-state index contributed by atoms with van der Waals surface area (Å²) in [6.07, 6.45) is 0.115. The molecule has 4 heteroatoms. The molecule has 1 aliphatic heterocycles. The molecule has 1 aromatic rings. The van der Waals surface area contributed by atoms with Crippen LogP contribution >= 0.6 is 0 Å². The summed E-state index contributed by atoms with van der Waals surface area (Å²) >= 11 is 0. The number of benzene rings is 1. The Morgan fingerprint density at radius 3 is 3.00 bits per heavy atom. The van der Waals surface area contributed by atoms with Crippen molar-refractivity contribution in [3.8, 4) is 0 Å². The molecule has 1 amide bonds. The van der Waals surface area contributed by atoms with Crippen molar-refractivity contribution in [2.24, 2.45) is 5.92 Å². The Balaban J connectivity index is 1.86. The topological polar surface area (TPSA) is 58.6 Å². The summed E-state index contributed by atoms with van der Waals surface area (Å²) in [5, 5.41) is 12.8. The van der Waals surface area contributed by atoms with Crippen LogP contribution in [0.5, 0.6) is 0 Å². The number of carbonyl (C=O) groups excluding carboxylic acids is 1. The van der Waals surface area contributed by atoms with Crippen LogP contribution in [-0.4, -0.2) is 30.8 Å². The van der Waals surface area contributed by atoms with Gasteiger partial charge in [0.1, 0.15) is 0 Å². The quantitative estimate of drug-likeness (QED) is 0.842. The van der Waals surface area contributed by atoms with E-state index in [1.807, 2.05) is 31.2 Å². The summed E-state index contributed by atoms with van der Waals surface area (Å²) in [7, 11) is 0. The van der Waals surface area contributed by atoms with E-state index >= 15 is 0 Å². The van der Waals surface area contributed by atoms with E-state index < -0.39 is 6.10 Å². The van der Waals surface area contributed by atoms with Crippen molar-refractivity contribution in [1.82, 2.24) is 5.32 Å². The van der Waals surface area contributed by atoms with E-state index in [4.69, 9.17) is 4.74 Å². The molecule has 0 spiro atoms. The first-order chi connectivity index (χ1) is 8.68. The summed E-state index contributed by atoms with van der Waals surface area (Å²) in [5.41, 5.74) is 1.89. The normalized spacial score (nSPS) is 20.7. The molecule has 2 atom stereocenters. The standard InChI is InChI=1S/C14H19NO3/c1-10-4-2-3-5-12(10)13(16)8-15-14(17)11-6-7-18-9-11/h2-5,11,13,16H,6-9H2,1H3,(H,15,17). The van der Waals surface area contributed by atoms with Gasteiger partial charge >= 0.3 is 0 Å². The Bertz CT molecular complexity index is 413. The number of ether oxygens (including phenoxy) is 1. The van der Waals surface area contributed by atoms with Gasteiger partial charge in [0.25, 0.3) is 0 Å². The van der Waals surface area contributed by atoms with Crippen molar-refractivity contribution in [2.45, 2.75) is 19.4 Å². The minimum absolute atomic E-state index is 0.0277. The molecule has 98 valence electrons. The monoisotopic (exact) mass is 249 g/mol. The second-order valence-electron chi connectivity index (χ2n) is 4.68. The summed E-state index contributed by atoms with van der Waals surface area (Å²) < 4.78 is 5.17. The maximum Gasteiger partial charge on any atom is 0.225 e. The lowest BCUT2D eigenvalue weighted by Crippen LogP contribution is -2.34. The van der Waals surface area contributed by atoms with E-state index in [2.05, 4.69) is 5.32 Å². The third-order valence-electron chi connectivity index (χ3n) is 3.32. The number of aliphatic hydroxyl groups excluding tert-OH is 1. The Morgan fingerprint density at radius 1 is 1.56 bits per heavy atom. The zero-order chi connectivity index (χ0) is 13.0. The van der Waals surface area contributed by atoms with Crippen molar-refractivity contribution >= 4 is 5.91 Å². The second kappa shape index (κ2) is 5.98. The highest BCUT2D eigenvalue weighted by atomic mass is 16.5. The predicted octanol–water partition coefficient (Wildman–Crippen LogP) is 1.18. The van der Waals surface area contributed by atoms with Crippen LogP contribution in [0.3, 0.4) is 0 Å². The average molecular weight is 249 g/mol. The lowest BCUT2D eigenvalue weighted by molar-refractivity contribution is -0.125. The first-order valence-electron chi connectivity index (χ1n) is 6.27. The zero-order valence-corrected chi connectivity index (χ0v) is 10.6. The first-order valence-corrected chi connectivity index (χ1v) is 6.27. The Kier molecular flexibility index (Phi) is 4.33. The van der Waals surface area contributed by atoms with E-state index in [1.54, 1.807) is 0 Å². The summed E-state index contributed by atoms with van der Waals surface area (Å²) in [4.78, 5) is 11.8. The van der Waals surface area contributed by atoms with Gasteiger partial charge in [-0.1, -0.05) is 24.3 Å². The van der Waals surface area contributed by atoms with Crippen LogP contribution in [0.4, 0.5) is 0 Å². The van der Waals surface area contributed by atoms with Crippen LogP contribution in [0.2, 0.25) is 0 Å². The highest BCUT2D eigenvalue weighted by Gasteiger charge is 2.23. The number of rotatable bonds is 4. The Morgan fingerprint density at radius 2 is 2.33 bits per heavy atom. The van der Waals surface area contributed by atoms with Crippen LogP contribution in [0, 0.1) is 12.8 Å². The van der Waals surface area contributed by atoms with Crippen molar-refractivity contribution in [3.05, 3.63) is 35.4 Å². The van der Waals surface area contributed by atoms with Gasteiger partial charge in [-0.3, -0.25) is 4.79 Å². The van der Waals surface area contributed by atoms with Crippen LogP contribution < -0.4 is 5.32 Å². The van der Waals surface area contributed by atoms with Gasteiger partial charge < -0.3 is 15.2 Å². The SMILES string of the molecule is Cc1ccccc1C(O)CNC(=O)C1CCOC1. The molecule has 1 saturated heterocycles. The van der Waals surface area contributed by atoms with Gasteiger partial charge in [0.2, 0.25) is 5.91 Å². The first kappa shape index (κ1) is 13.1. The molecule has 0 saturated carbocycles. The van der Waals surface area contributed by atoms with Gasteiger partial charge in [-0.25, -0.2) is 0 Å². The van der Waals surface area contributed by atoms with Gasteiger partial charge in [-0.15, -0.1) is 0 Å². The van der Waals surface area contributed by atoms with E-state index in [9.17, 15) is 9.90 Å². The predicted molar refractivity (Wildman–Crippen MR) is 68.1 cm³/mol. The van der Waals surface area contributed by atoms with Crippen molar-refractivity contribution in [3.63, 3.8) is 0 Å². The van der Waals surface area contributed by atoms with Gasteiger partial charge in [0.05, 0.1) is 18.6 Å². The summed E-state index contributed by atoms with van der Waals surface area (Å²) in [5.74, 6) is -0.0887. The van der Waals surface area contributed by atoms with Gasteiger partial charge in [0.15, 0.2) is 0 Å². The molecule has 1 aliphatic rings. The fourth-order valence-corrected chi connectivity index (χ4v) is 2.15. The molecule has 0 bridgehead atoms. The molecule has 0 aromatic heterocycles. The number of nitrogens with one attached hydrogen (secondary N) is 1. The molecular weight excluding hydrogens is 230 g/mol. The summed E-state index contributed by atoms with van der Waals surface area (Å²) in [6.45, 7) is 3.34. The molecule has 2 rings (SSSR count). The van der Waals surface area contributed by atoms with Gasteiger partial charge in [-0.2, -0.15) is 0 Å². The molecule has 2 unspecified atom stereocenters. The largest absolute Gasteiger partial charge is 0.387 e. The fraction of sp³-hybridized carbons (Fsp3) is 0.500. The second-order valence-corrected chi connectivity index (χ2v) is 4.68. The lowest BCUT2D eigenvalue weighted by atomic mass is 10.0. The highest BCUT2D eigenvalue weighted by Crippen LogP contribution is 2.17. The third-order valence-corrected chi connectivity index (χ3v) is 3.32. The number of amides is 1. The molecule has 2 N–H and O–H groups in total. The Hall–Kier alpha value is -1.39. The van der Waals surface area contributed by atoms with Crippen molar-refractivity contribution in [1.29, 1.82) is 0 Å². The summed E-state index contributed by atoms with van der Waals surface area (Å²) in [6, 6.07) is 7.65. The maximum atomic E-state index is 11.8.